The first-order valence-corrected chi connectivity index (χ1v) is 8.68. The van der Waals surface area contributed by atoms with Crippen LogP contribution >= 0.6 is 11.6 Å². The van der Waals surface area contributed by atoms with Gasteiger partial charge in [0.2, 0.25) is 10.0 Å². The van der Waals surface area contributed by atoms with E-state index < -0.39 is 15.6 Å². The molecule has 0 unspecified atom stereocenters. The highest BCUT2D eigenvalue weighted by Crippen LogP contribution is 2.27. The lowest BCUT2D eigenvalue weighted by atomic mass is 9.95. The second kappa shape index (κ2) is 6.28. The summed E-state index contributed by atoms with van der Waals surface area (Å²) in [6.07, 6.45) is 6.29. The molecule has 1 aromatic heterocycles. The van der Waals surface area contributed by atoms with Crippen LogP contribution in [0.1, 0.15) is 39.0 Å². The Labute approximate surface area is 124 Å². The van der Waals surface area contributed by atoms with Gasteiger partial charge in [-0.2, -0.15) is 4.31 Å². The number of hydrogen-bond acceptors (Lipinski definition) is 3. The maximum Gasteiger partial charge on any atom is 0.266 e. The van der Waals surface area contributed by atoms with E-state index in [1.165, 1.54) is 23.0 Å². The van der Waals surface area contributed by atoms with Gasteiger partial charge in [0.15, 0.2) is 0 Å². The van der Waals surface area contributed by atoms with Crippen molar-refractivity contribution in [2.45, 2.75) is 50.0 Å². The van der Waals surface area contributed by atoms with Crippen molar-refractivity contribution in [3.05, 3.63) is 27.6 Å². The molecule has 2 rings (SSSR count). The normalized spacial score (nSPS) is 17.6. The van der Waals surface area contributed by atoms with E-state index in [0.717, 1.165) is 25.7 Å². The van der Waals surface area contributed by atoms with Crippen molar-refractivity contribution in [2.75, 3.05) is 6.54 Å². The molecule has 7 heteroatoms. The Balaban J connectivity index is 2.35. The number of hydrogen-bond donors (Lipinski definition) is 1. The molecule has 1 fully saturated rings. The lowest BCUT2D eigenvalue weighted by Crippen LogP contribution is -2.41. The Kier molecular flexibility index (Phi) is 4.88. The Hall–Kier alpha value is -0.850. The molecule has 1 saturated carbocycles. The minimum absolute atomic E-state index is 0.0458. The van der Waals surface area contributed by atoms with Gasteiger partial charge in [-0.3, -0.25) is 4.79 Å². The van der Waals surface area contributed by atoms with Crippen LogP contribution in [0.3, 0.4) is 0 Å². The zero-order valence-electron chi connectivity index (χ0n) is 11.4. The van der Waals surface area contributed by atoms with Crippen LogP contribution in [0.4, 0.5) is 0 Å². The van der Waals surface area contributed by atoms with Crippen LogP contribution in [0, 0.1) is 0 Å². The molecule has 0 amide bonds. The van der Waals surface area contributed by atoms with Crippen molar-refractivity contribution in [3.8, 4) is 0 Å². The highest BCUT2D eigenvalue weighted by Gasteiger charge is 2.31. The Morgan fingerprint density at radius 2 is 2.00 bits per heavy atom. The highest BCUT2D eigenvalue weighted by atomic mass is 35.5. The highest BCUT2D eigenvalue weighted by molar-refractivity contribution is 7.89. The summed E-state index contributed by atoms with van der Waals surface area (Å²) in [5, 5.41) is -0.106. The van der Waals surface area contributed by atoms with Gasteiger partial charge >= 0.3 is 0 Å². The summed E-state index contributed by atoms with van der Waals surface area (Å²) in [7, 11) is -3.61. The van der Waals surface area contributed by atoms with Gasteiger partial charge in [0.25, 0.3) is 5.56 Å². The molecule has 0 saturated heterocycles. The molecule has 1 N–H and O–H groups in total. The molecule has 1 aromatic rings. The molecule has 0 spiro atoms. The van der Waals surface area contributed by atoms with E-state index in [-0.39, 0.29) is 16.0 Å². The lowest BCUT2D eigenvalue weighted by Gasteiger charge is -2.32. The van der Waals surface area contributed by atoms with Crippen LogP contribution < -0.4 is 5.56 Å². The molecule has 0 atom stereocenters. The van der Waals surface area contributed by atoms with Gasteiger partial charge < -0.3 is 4.98 Å². The Bertz CT molecular complexity index is 621. The number of rotatable bonds is 4. The maximum atomic E-state index is 12.7. The molecular formula is C13H19ClN2O3S. The van der Waals surface area contributed by atoms with E-state index in [1.807, 2.05) is 6.92 Å². The lowest BCUT2D eigenvalue weighted by molar-refractivity contribution is 0.261. The Morgan fingerprint density at radius 3 is 2.55 bits per heavy atom. The van der Waals surface area contributed by atoms with Crippen molar-refractivity contribution >= 4 is 21.6 Å². The predicted molar refractivity (Wildman–Crippen MR) is 78.5 cm³/mol. The first-order valence-electron chi connectivity index (χ1n) is 6.87. The molecule has 0 bridgehead atoms. The number of aromatic nitrogens is 1. The summed E-state index contributed by atoms with van der Waals surface area (Å²) in [6.45, 7) is 2.25. The van der Waals surface area contributed by atoms with Gasteiger partial charge in [-0.05, 0) is 18.9 Å². The zero-order chi connectivity index (χ0) is 14.8. The average molecular weight is 319 g/mol. The predicted octanol–water partition coefficient (Wildman–Crippen LogP) is 2.37. The third-order valence-corrected chi connectivity index (χ3v) is 6.02. The van der Waals surface area contributed by atoms with Gasteiger partial charge in [-0.1, -0.05) is 37.8 Å². The fourth-order valence-electron chi connectivity index (χ4n) is 2.72. The summed E-state index contributed by atoms with van der Waals surface area (Å²) in [6, 6.07) is 1.27. The number of aromatic amines is 1. The molecule has 20 heavy (non-hydrogen) atoms. The van der Waals surface area contributed by atoms with Crippen molar-refractivity contribution in [2.24, 2.45) is 0 Å². The summed E-state index contributed by atoms with van der Waals surface area (Å²) in [5.74, 6) is 0. The van der Waals surface area contributed by atoms with Crippen LogP contribution in [0.2, 0.25) is 5.02 Å². The minimum Gasteiger partial charge on any atom is -0.326 e. The third-order valence-electron chi connectivity index (χ3n) is 3.73. The van der Waals surface area contributed by atoms with Crippen LogP contribution in [-0.4, -0.2) is 30.3 Å². The first kappa shape index (κ1) is 15.5. The SMILES string of the molecule is CCN(C1CCCCC1)S(=O)(=O)c1c[nH]c(=O)c(Cl)c1. The van der Waals surface area contributed by atoms with E-state index in [0.29, 0.717) is 6.54 Å². The van der Waals surface area contributed by atoms with E-state index in [9.17, 15) is 13.2 Å². The quantitative estimate of drug-likeness (QED) is 0.926. The molecule has 1 heterocycles. The van der Waals surface area contributed by atoms with E-state index in [4.69, 9.17) is 11.6 Å². The fraction of sp³-hybridized carbons (Fsp3) is 0.615. The standard InChI is InChI=1S/C13H19ClN2O3S/c1-2-16(10-6-4-3-5-7-10)20(18,19)11-8-12(14)13(17)15-9-11/h8-10H,2-7H2,1H3,(H,15,17). The summed E-state index contributed by atoms with van der Waals surface area (Å²) >= 11 is 5.73. The van der Waals surface area contributed by atoms with Gasteiger partial charge in [0.05, 0.1) is 4.90 Å². The van der Waals surface area contributed by atoms with Gasteiger partial charge in [0.1, 0.15) is 5.02 Å². The maximum absolute atomic E-state index is 12.7. The fourth-order valence-corrected chi connectivity index (χ4v) is 4.64. The molecule has 0 aliphatic heterocycles. The molecule has 0 radical (unpaired) electrons. The largest absolute Gasteiger partial charge is 0.326 e. The van der Waals surface area contributed by atoms with Crippen LogP contribution in [-0.2, 0) is 10.0 Å². The average Bonchev–Trinajstić information content (AvgIpc) is 2.43. The van der Waals surface area contributed by atoms with Crippen LogP contribution in [0.15, 0.2) is 22.0 Å². The zero-order valence-corrected chi connectivity index (χ0v) is 13.0. The van der Waals surface area contributed by atoms with E-state index in [1.54, 1.807) is 0 Å². The number of pyridine rings is 1. The molecule has 0 aromatic carbocycles. The molecule has 5 nitrogen and oxygen atoms in total. The molecule has 1 aliphatic rings. The first-order chi connectivity index (χ1) is 9.46. The second-order valence-corrected chi connectivity index (χ2v) is 7.31. The molecule has 112 valence electrons. The third kappa shape index (κ3) is 3.07. The van der Waals surface area contributed by atoms with E-state index in [2.05, 4.69) is 4.98 Å². The number of sulfonamides is 1. The summed E-state index contributed by atoms with van der Waals surface area (Å²) in [5.41, 5.74) is -0.480. The van der Waals surface area contributed by atoms with Crippen molar-refractivity contribution in [1.82, 2.24) is 9.29 Å². The summed E-state index contributed by atoms with van der Waals surface area (Å²) in [4.78, 5) is 13.7. The minimum atomic E-state index is -3.61. The number of halogens is 1. The van der Waals surface area contributed by atoms with E-state index >= 15 is 0 Å². The number of H-pyrrole nitrogens is 1. The monoisotopic (exact) mass is 318 g/mol. The van der Waals surface area contributed by atoms with Crippen molar-refractivity contribution in [3.63, 3.8) is 0 Å². The number of nitrogens with zero attached hydrogens (tertiary/aromatic N) is 1. The van der Waals surface area contributed by atoms with Crippen LogP contribution in [0.25, 0.3) is 0 Å². The molecular weight excluding hydrogens is 300 g/mol. The van der Waals surface area contributed by atoms with Gasteiger partial charge in [-0.15, -0.1) is 0 Å². The smallest absolute Gasteiger partial charge is 0.266 e. The summed E-state index contributed by atoms with van der Waals surface area (Å²) < 4.78 is 26.9. The molecule has 1 aliphatic carbocycles. The Morgan fingerprint density at radius 1 is 1.35 bits per heavy atom. The second-order valence-electron chi connectivity index (χ2n) is 5.01. The topological polar surface area (TPSA) is 70.2 Å². The van der Waals surface area contributed by atoms with Crippen LogP contribution in [0.5, 0.6) is 0 Å². The van der Waals surface area contributed by atoms with Gasteiger partial charge in [-0.25, -0.2) is 8.42 Å². The van der Waals surface area contributed by atoms with Crippen molar-refractivity contribution in [1.29, 1.82) is 0 Å². The number of nitrogens with one attached hydrogen (secondary N) is 1. The van der Waals surface area contributed by atoms with Gasteiger partial charge in [0, 0.05) is 18.8 Å². The van der Waals surface area contributed by atoms with Crippen molar-refractivity contribution < 1.29 is 8.42 Å².